The van der Waals surface area contributed by atoms with Crippen molar-refractivity contribution in [2.75, 3.05) is 23.9 Å². The van der Waals surface area contributed by atoms with Crippen LogP contribution in [-0.4, -0.2) is 23.1 Å². The second kappa shape index (κ2) is 7.84. The van der Waals surface area contributed by atoms with Crippen LogP contribution in [0.2, 0.25) is 0 Å². The number of ether oxygens (including phenoxy) is 1. The SMILES string of the molecule is CCOCc1nc(NN)cc(NCC(C)CC)n1. The van der Waals surface area contributed by atoms with Gasteiger partial charge in [-0.05, 0) is 12.8 Å². The molecule has 0 radical (unpaired) electrons. The first-order valence-electron chi connectivity index (χ1n) is 6.35. The molecule has 0 bridgehead atoms. The van der Waals surface area contributed by atoms with Crippen molar-refractivity contribution in [3.8, 4) is 0 Å². The Morgan fingerprint density at radius 1 is 1.33 bits per heavy atom. The maximum Gasteiger partial charge on any atom is 0.158 e. The Morgan fingerprint density at radius 2 is 2.06 bits per heavy atom. The molecule has 6 heteroatoms. The van der Waals surface area contributed by atoms with Crippen LogP contribution in [0.25, 0.3) is 0 Å². The number of anilines is 2. The molecule has 0 saturated heterocycles. The van der Waals surface area contributed by atoms with Crippen molar-refractivity contribution in [2.24, 2.45) is 11.8 Å². The fourth-order valence-corrected chi connectivity index (χ4v) is 1.34. The molecule has 1 unspecified atom stereocenters. The Hall–Kier alpha value is -1.40. The van der Waals surface area contributed by atoms with Gasteiger partial charge in [-0.3, -0.25) is 0 Å². The monoisotopic (exact) mass is 253 g/mol. The highest BCUT2D eigenvalue weighted by atomic mass is 16.5. The number of nitrogens with one attached hydrogen (secondary N) is 2. The minimum atomic E-state index is 0.393. The van der Waals surface area contributed by atoms with E-state index in [2.05, 4.69) is 34.6 Å². The van der Waals surface area contributed by atoms with Crippen molar-refractivity contribution in [1.82, 2.24) is 9.97 Å². The summed E-state index contributed by atoms with van der Waals surface area (Å²) in [5.41, 5.74) is 2.54. The number of nitrogen functional groups attached to an aromatic ring is 1. The first-order chi connectivity index (χ1) is 8.69. The van der Waals surface area contributed by atoms with Gasteiger partial charge in [0, 0.05) is 19.2 Å². The van der Waals surface area contributed by atoms with Crippen molar-refractivity contribution >= 4 is 11.6 Å². The highest BCUT2D eigenvalue weighted by Crippen LogP contribution is 2.12. The summed E-state index contributed by atoms with van der Waals surface area (Å²) >= 11 is 0. The zero-order valence-electron chi connectivity index (χ0n) is 11.4. The van der Waals surface area contributed by atoms with E-state index in [9.17, 15) is 0 Å². The molecule has 0 amide bonds. The summed E-state index contributed by atoms with van der Waals surface area (Å²) < 4.78 is 5.30. The number of nitrogens with two attached hydrogens (primary N) is 1. The Labute approximate surface area is 108 Å². The second-order valence-corrected chi connectivity index (χ2v) is 4.23. The Balaban J connectivity index is 2.70. The average Bonchev–Trinajstić information content (AvgIpc) is 2.42. The predicted octanol–water partition coefficient (Wildman–Crippen LogP) is 1.76. The van der Waals surface area contributed by atoms with E-state index < -0.39 is 0 Å². The van der Waals surface area contributed by atoms with Gasteiger partial charge in [0.05, 0.1) is 0 Å². The summed E-state index contributed by atoms with van der Waals surface area (Å²) in [7, 11) is 0. The molecular weight excluding hydrogens is 230 g/mol. The Morgan fingerprint density at radius 3 is 2.67 bits per heavy atom. The zero-order chi connectivity index (χ0) is 13.4. The first kappa shape index (κ1) is 14.7. The third-order valence-corrected chi connectivity index (χ3v) is 2.68. The molecule has 0 fully saturated rings. The lowest BCUT2D eigenvalue weighted by Crippen LogP contribution is -2.15. The fraction of sp³-hybridized carbons (Fsp3) is 0.667. The molecule has 0 aromatic carbocycles. The number of hydrogen-bond acceptors (Lipinski definition) is 6. The van der Waals surface area contributed by atoms with Gasteiger partial charge in [0.25, 0.3) is 0 Å². The lowest BCUT2D eigenvalue weighted by Gasteiger charge is -2.12. The molecule has 1 atom stereocenters. The van der Waals surface area contributed by atoms with Crippen molar-refractivity contribution in [3.05, 3.63) is 11.9 Å². The molecule has 1 aromatic rings. The molecule has 0 saturated carbocycles. The van der Waals surface area contributed by atoms with Crippen LogP contribution >= 0.6 is 0 Å². The van der Waals surface area contributed by atoms with Gasteiger partial charge < -0.3 is 15.5 Å². The predicted molar refractivity (Wildman–Crippen MR) is 73.1 cm³/mol. The van der Waals surface area contributed by atoms with E-state index >= 15 is 0 Å². The van der Waals surface area contributed by atoms with Crippen molar-refractivity contribution in [3.63, 3.8) is 0 Å². The first-order valence-corrected chi connectivity index (χ1v) is 6.35. The van der Waals surface area contributed by atoms with Crippen LogP contribution in [0.4, 0.5) is 11.6 Å². The average molecular weight is 253 g/mol. The molecule has 1 heterocycles. The van der Waals surface area contributed by atoms with Gasteiger partial charge in [0.1, 0.15) is 18.2 Å². The van der Waals surface area contributed by atoms with Crippen molar-refractivity contribution in [2.45, 2.75) is 33.8 Å². The summed E-state index contributed by atoms with van der Waals surface area (Å²) in [6, 6.07) is 1.79. The van der Waals surface area contributed by atoms with E-state index in [1.54, 1.807) is 6.07 Å². The molecule has 0 spiro atoms. The minimum Gasteiger partial charge on any atom is -0.374 e. The molecule has 6 nitrogen and oxygen atoms in total. The molecule has 0 aliphatic heterocycles. The lowest BCUT2D eigenvalue weighted by molar-refractivity contribution is 0.128. The molecule has 0 aliphatic rings. The lowest BCUT2D eigenvalue weighted by atomic mass is 10.1. The standard InChI is InChI=1S/C12H23N5O/c1-4-9(3)7-14-10-6-11(17-13)16-12(15-10)8-18-5-2/h6,9H,4-5,7-8,13H2,1-3H3,(H2,14,15,16,17). The number of nitrogens with zero attached hydrogens (tertiary/aromatic N) is 2. The molecule has 1 rings (SSSR count). The molecule has 18 heavy (non-hydrogen) atoms. The molecular formula is C12H23N5O. The number of hydrogen-bond donors (Lipinski definition) is 3. The highest BCUT2D eigenvalue weighted by molar-refractivity contribution is 5.46. The van der Waals surface area contributed by atoms with Crippen LogP contribution in [0, 0.1) is 5.92 Å². The van der Waals surface area contributed by atoms with Crippen molar-refractivity contribution < 1.29 is 4.74 Å². The molecule has 1 aromatic heterocycles. The van der Waals surface area contributed by atoms with E-state index in [-0.39, 0.29) is 0 Å². The number of rotatable bonds is 8. The van der Waals surface area contributed by atoms with E-state index in [4.69, 9.17) is 10.6 Å². The minimum absolute atomic E-state index is 0.393. The summed E-state index contributed by atoms with van der Waals surface area (Å²) in [4.78, 5) is 8.61. The fourth-order valence-electron chi connectivity index (χ4n) is 1.34. The molecule has 0 aliphatic carbocycles. The van der Waals surface area contributed by atoms with Crippen LogP contribution in [-0.2, 0) is 11.3 Å². The maximum absolute atomic E-state index is 5.39. The van der Waals surface area contributed by atoms with Crippen LogP contribution in [0.1, 0.15) is 33.0 Å². The summed E-state index contributed by atoms with van der Waals surface area (Å²) in [6.45, 7) is 8.21. The van der Waals surface area contributed by atoms with Gasteiger partial charge in [-0.1, -0.05) is 20.3 Å². The van der Waals surface area contributed by atoms with E-state index in [0.29, 0.717) is 30.8 Å². The third kappa shape index (κ3) is 4.85. The van der Waals surface area contributed by atoms with E-state index in [0.717, 1.165) is 18.8 Å². The summed E-state index contributed by atoms with van der Waals surface area (Å²) in [5, 5.41) is 3.28. The van der Waals surface area contributed by atoms with Crippen LogP contribution in [0.3, 0.4) is 0 Å². The van der Waals surface area contributed by atoms with Gasteiger partial charge in [-0.2, -0.15) is 0 Å². The van der Waals surface area contributed by atoms with Gasteiger partial charge in [0.15, 0.2) is 5.82 Å². The Kier molecular flexibility index (Phi) is 6.38. The highest BCUT2D eigenvalue weighted by Gasteiger charge is 2.05. The number of aromatic nitrogens is 2. The smallest absolute Gasteiger partial charge is 0.158 e. The maximum atomic E-state index is 5.39. The normalized spacial score (nSPS) is 12.2. The van der Waals surface area contributed by atoms with Crippen LogP contribution < -0.4 is 16.6 Å². The van der Waals surface area contributed by atoms with Crippen molar-refractivity contribution in [1.29, 1.82) is 0 Å². The largest absolute Gasteiger partial charge is 0.374 e. The zero-order valence-corrected chi connectivity index (χ0v) is 11.4. The topological polar surface area (TPSA) is 85.1 Å². The van der Waals surface area contributed by atoms with Gasteiger partial charge in [-0.25, -0.2) is 15.8 Å². The van der Waals surface area contributed by atoms with Crippen LogP contribution in [0.15, 0.2) is 6.07 Å². The van der Waals surface area contributed by atoms with Gasteiger partial charge >= 0.3 is 0 Å². The van der Waals surface area contributed by atoms with Gasteiger partial charge in [-0.15, -0.1) is 0 Å². The third-order valence-electron chi connectivity index (χ3n) is 2.68. The van der Waals surface area contributed by atoms with E-state index in [1.807, 2.05) is 6.92 Å². The van der Waals surface area contributed by atoms with Crippen LogP contribution in [0.5, 0.6) is 0 Å². The van der Waals surface area contributed by atoms with E-state index in [1.165, 1.54) is 0 Å². The summed E-state index contributed by atoms with van der Waals surface area (Å²) in [5.74, 6) is 7.98. The van der Waals surface area contributed by atoms with Gasteiger partial charge in [0.2, 0.25) is 0 Å². The Bertz CT molecular complexity index is 358. The molecule has 102 valence electrons. The number of hydrazine groups is 1. The summed E-state index contributed by atoms with van der Waals surface area (Å²) in [6.07, 6.45) is 1.13. The second-order valence-electron chi connectivity index (χ2n) is 4.23. The quantitative estimate of drug-likeness (QED) is 0.483. The molecule has 4 N–H and O–H groups in total.